The van der Waals surface area contributed by atoms with Crippen LogP contribution in [0.15, 0.2) is 28.6 Å². The van der Waals surface area contributed by atoms with Crippen molar-refractivity contribution in [1.82, 2.24) is 14.7 Å². The Bertz CT molecular complexity index is 804. The van der Waals surface area contributed by atoms with E-state index in [9.17, 15) is 4.79 Å². The normalized spacial score (nSPS) is 20.7. The smallest absolute Gasteiger partial charge is 0.233 e. The fourth-order valence-electron chi connectivity index (χ4n) is 3.38. The minimum atomic E-state index is 0.202. The van der Waals surface area contributed by atoms with Gasteiger partial charge in [0.2, 0.25) is 5.91 Å². The van der Waals surface area contributed by atoms with E-state index >= 15 is 0 Å². The highest BCUT2D eigenvalue weighted by Crippen LogP contribution is 2.28. The van der Waals surface area contributed by atoms with Gasteiger partial charge in [0.15, 0.2) is 8.29 Å². The van der Waals surface area contributed by atoms with Gasteiger partial charge in [0.25, 0.3) is 0 Å². The molecule has 1 saturated heterocycles. The van der Waals surface area contributed by atoms with Gasteiger partial charge in [0.1, 0.15) is 0 Å². The van der Waals surface area contributed by atoms with E-state index in [1.165, 1.54) is 29.5 Å². The lowest BCUT2D eigenvalue weighted by atomic mass is 9.98. The maximum absolute atomic E-state index is 12.7. The van der Waals surface area contributed by atoms with Gasteiger partial charge < -0.3 is 4.90 Å². The third-order valence-corrected chi connectivity index (χ3v) is 7.02. The molecule has 1 aliphatic heterocycles. The third-order valence-electron chi connectivity index (χ3n) is 4.67. The minimum absolute atomic E-state index is 0.202. The molecule has 7 heteroatoms. The number of nitrogens with zero attached hydrogens (tertiary/aromatic N) is 3. The standard InChI is InChI=1S/C18H23N3OS3/c1-12-7-4-5-10-15(12)21-18(23)25-17(19-21)24-11-16(22)20-13(2)8-6-9-14(20)3/h4-5,7,10,13-14H,6,8-9,11H2,1-3H3/t13-,14-/m0/s1. The second kappa shape index (κ2) is 8.01. The lowest BCUT2D eigenvalue weighted by molar-refractivity contribution is -0.134. The third kappa shape index (κ3) is 4.15. The summed E-state index contributed by atoms with van der Waals surface area (Å²) >= 11 is 8.42. The number of carbonyl (C=O) groups excluding carboxylic acids is 1. The Morgan fingerprint density at radius 2 is 2.00 bits per heavy atom. The summed E-state index contributed by atoms with van der Waals surface area (Å²) < 4.78 is 3.36. The van der Waals surface area contributed by atoms with Gasteiger partial charge in [-0.1, -0.05) is 41.3 Å². The van der Waals surface area contributed by atoms with Crippen LogP contribution in [-0.4, -0.2) is 38.4 Å². The predicted molar refractivity (Wildman–Crippen MR) is 107 cm³/mol. The number of hydrogen-bond donors (Lipinski definition) is 0. The first-order valence-electron chi connectivity index (χ1n) is 8.57. The second-order valence-corrected chi connectivity index (χ2v) is 9.40. The number of aryl methyl sites for hydroxylation is 1. The molecule has 0 saturated carbocycles. The molecule has 2 atom stereocenters. The van der Waals surface area contributed by atoms with E-state index in [1.807, 2.05) is 36.1 Å². The highest BCUT2D eigenvalue weighted by molar-refractivity contribution is 8.01. The maximum atomic E-state index is 12.7. The van der Waals surface area contributed by atoms with Crippen molar-refractivity contribution in [2.24, 2.45) is 0 Å². The Morgan fingerprint density at radius 1 is 1.32 bits per heavy atom. The van der Waals surface area contributed by atoms with Crippen LogP contribution < -0.4 is 0 Å². The number of benzene rings is 1. The molecule has 1 amide bonds. The summed E-state index contributed by atoms with van der Waals surface area (Å²) in [4.78, 5) is 14.7. The number of hydrogen-bond acceptors (Lipinski definition) is 5. The molecule has 1 aromatic carbocycles. The lowest BCUT2D eigenvalue weighted by Gasteiger charge is -2.39. The molecule has 0 radical (unpaired) electrons. The van der Waals surface area contributed by atoms with Gasteiger partial charge in [-0.3, -0.25) is 4.79 Å². The molecule has 1 fully saturated rings. The quantitative estimate of drug-likeness (QED) is 0.549. The Kier molecular flexibility index (Phi) is 5.96. The first-order valence-corrected chi connectivity index (χ1v) is 10.8. The number of para-hydroxylation sites is 1. The highest BCUT2D eigenvalue weighted by Gasteiger charge is 2.28. The van der Waals surface area contributed by atoms with Gasteiger partial charge >= 0.3 is 0 Å². The Balaban J connectivity index is 1.70. The van der Waals surface area contributed by atoms with E-state index in [1.54, 1.807) is 4.68 Å². The number of piperidine rings is 1. The molecule has 1 aliphatic rings. The van der Waals surface area contributed by atoms with Gasteiger partial charge in [-0.25, -0.2) is 4.68 Å². The minimum Gasteiger partial charge on any atom is -0.337 e. The van der Waals surface area contributed by atoms with E-state index < -0.39 is 0 Å². The topological polar surface area (TPSA) is 38.1 Å². The Hall–Kier alpha value is -1.18. The van der Waals surface area contributed by atoms with Crippen LogP contribution >= 0.6 is 35.3 Å². The predicted octanol–water partition coefficient (Wildman–Crippen LogP) is 4.85. The van der Waals surface area contributed by atoms with E-state index in [4.69, 9.17) is 12.2 Å². The summed E-state index contributed by atoms with van der Waals surface area (Å²) in [6, 6.07) is 8.72. The fraction of sp³-hybridized carbons (Fsp3) is 0.500. The van der Waals surface area contributed by atoms with Gasteiger partial charge in [-0.05, 0) is 63.9 Å². The molecular weight excluding hydrogens is 370 g/mol. The van der Waals surface area contributed by atoms with E-state index in [2.05, 4.69) is 18.9 Å². The van der Waals surface area contributed by atoms with Crippen molar-refractivity contribution in [3.63, 3.8) is 0 Å². The molecule has 1 aromatic heterocycles. The molecule has 134 valence electrons. The van der Waals surface area contributed by atoms with E-state index in [0.29, 0.717) is 21.8 Å². The number of carbonyl (C=O) groups is 1. The van der Waals surface area contributed by atoms with Crippen LogP contribution in [0.25, 0.3) is 5.69 Å². The first kappa shape index (κ1) is 18.6. The number of amides is 1. The molecule has 0 aliphatic carbocycles. The monoisotopic (exact) mass is 393 g/mol. The van der Waals surface area contributed by atoms with Crippen LogP contribution in [0.1, 0.15) is 38.7 Å². The summed E-state index contributed by atoms with van der Waals surface area (Å²) in [6.45, 7) is 6.34. The first-order chi connectivity index (χ1) is 12.0. The van der Waals surface area contributed by atoms with Crippen LogP contribution in [0.4, 0.5) is 0 Å². The largest absolute Gasteiger partial charge is 0.337 e. The van der Waals surface area contributed by atoms with Crippen molar-refractivity contribution in [3.05, 3.63) is 33.8 Å². The number of aromatic nitrogens is 2. The van der Waals surface area contributed by atoms with Gasteiger partial charge in [0, 0.05) is 12.1 Å². The summed E-state index contributed by atoms with van der Waals surface area (Å²) in [6.07, 6.45) is 3.41. The number of likely N-dealkylation sites (tertiary alicyclic amines) is 1. The van der Waals surface area contributed by atoms with Crippen molar-refractivity contribution in [1.29, 1.82) is 0 Å². The van der Waals surface area contributed by atoms with E-state index in [0.717, 1.165) is 28.4 Å². The van der Waals surface area contributed by atoms with Crippen LogP contribution in [0.3, 0.4) is 0 Å². The Labute approximate surface area is 162 Å². The van der Waals surface area contributed by atoms with Crippen molar-refractivity contribution in [2.75, 3.05) is 5.75 Å². The zero-order valence-electron chi connectivity index (χ0n) is 14.8. The molecule has 2 aromatic rings. The molecule has 3 rings (SSSR count). The fourth-order valence-corrected chi connectivity index (χ4v) is 5.60. The Morgan fingerprint density at radius 3 is 2.68 bits per heavy atom. The summed E-state index contributed by atoms with van der Waals surface area (Å²) in [5.41, 5.74) is 2.13. The van der Waals surface area contributed by atoms with Crippen LogP contribution in [-0.2, 0) is 4.79 Å². The number of thioether (sulfide) groups is 1. The summed E-state index contributed by atoms with van der Waals surface area (Å²) in [5.74, 6) is 0.623. The highest BCUT2D eigenvalue weighted by atomic mass is 32.2. The van der Waals surface area contributed by atoms with E-state index in [-0.39, 0.29) is 5.91 Å². The molecular formula is C18H23N3OS3. The lowest BCUT2D eigenvalue weighted by Crippen LogP contribution is -2.48. The van der Waals surface area contributed by atoms with Crippen molar-refractivity contribution in [3.8, 4) is 5.69 Å². The maximum Gasteiger partial charge on any atom is 0.233 e. The van der Waals surface area contributed by atoms with Crippen LogP contribution in [0, 0.1) is 10.9 Å². The van der Waals surface area contributed by atoms with Gasteiger partial charge in [-0.15, -0.1) is 5.10 Å². The van der Waals surface area contributed by atoms with Gasteiger partial charge in [0.05, 0.1) is 11.4 Å². The zero-order chi connectivity index (χ0) is 18.0. The summed E-state index contributed by atoms with van der Waals surface area (Å²) in [7, 11) is 0. The molecule has 0 bridgehead atoms. The average molecular weight is 394 g/mol. The second-order valence-electron chi connectivity index (χ2n) is 6.55. The summed E-state index contributed by atoms with van der Waals surface area (Å²) in [5, 5.41) is 4.62. The average Bonchev–Trinajstić information content (AvgIpc) is 2.94. The van der Waals surface area contributed by atoms with Crippen molar-refractivity contribution in [2.45, 2.75) is 56.5 Å². The number of rotatable bonds is 4. The van der Waals surface area contributed by atoms with Crippen LogP contribution in [0.2, 0.25) is 0 Å². The van der Waals surface area contributed by atoms with Gasteiger partial charge in [-0.2, -0.15) is 0 Å². The molecule has 0 N–H and O–H groups in total. The van der Waals surface area contributed by atoms with Crippen LogP contribution in [0.5, 0.6) is 0 Å². The molecule has 0 unspecified atom stereocenters. The van der Waals surface area contributed by atoms with Crippen molar-refractivity contribution >= 4 is 41.2 Å². The molecule has 2 heterocycles. The van der Waals surface area contributed by atoms with Crippen molar-refractivity contribution < 1.29 is 4.79 Å². The zero-order valence-corrected chi connectivity index (χ0v) is 17.2. The SMILES string of the molecule is Cc1ccccc1-n1nc(SCC(=O)N2[C@@H](C)CCC[C@@H]2C)sc1=S. The molecule has 0 spiro atoms. The molecule has 4 nitrogen and oxygen atoms in total. The molecule has 25 heavy (non-hydrogen) atoms.